The highest BCUT2D eigenvalue weighted by molar-refractivity contribution is 9.10. The van der Waals surface area contributed by atoms with Gasteiger partial charge < -0.3 is 10.1 Å². The lowest BCUT2D eigenvalue weighted by Crippen LogP contribution is -2.31. The van der Waals surface area contributed by atoms with E-state index in [2.05, 4.69) is 26.2 Å². The number of hydrogen-bond donors (Lipinski definition) is 1. The zero-order valence-electron chi connectivity index (χ0n) is 15.5. The number of hydrogen-bond acceptors (Lipinski definition) is 3. The van der Waals surface area contributed by atoms with Gasteiger partial charge in [0.25, 0.3) is 5.91 Å². The fourth-order valence-electron chi connectivity index (χ4n) is 2.61. The largest absolute Gasteiger partial charge is 0.484 e. The Kier molecular flexibility index (Phi) is 6.98. The molecule has 5 heteroatoms. The quantitative estimate of drug-likeness (QED) is 0.500. The summed E-state index contributed by atoms with van der Waals surface area (Å²) in [5, 5.41) is 2.93. The summed E-state index contributed by atoms with van der Waals surface area (Å²) < 4.78 is 6.57. The van der Waals surface area contributed by atoms with Crippen LogP contribution in [0.4, 0.5) is 5.69 Å². The number of nitrogens with one attached hydrogen (secondary N) is 1. The van der Waals surface area contributed by atoms with Crippen molar-refractivity contribution in [1.82, 2.24) is 5.32 Å². The zero-order chi connectivity index (χ0) is 19.8. The van der Waals surface area contributed by atoms with Gasteiger partial charge in [-0.05, 0) is 60.5 Å². The Balaban J connectivity index is 1.49. The molecule has 1 atom stereocenters. The number of rotatable bonds is 7. The van der Waals surface area contributed by atoms with E-state index in [9.17, 15) is 4.79 Å². The third-order valence-electron chi connectivity index (χ3n) is 4.10. The number of halogens is 1. The molecule has 0 heterocycles. The normalized spacial score (nSPS) is 11.9. The Morgan fingerprint density at radius 2 is 1.82 bits per heavy atom. The highest BCUT2D eigenvalue weighted by atomic mass is 79.9. The van der Waals surface area contributed by atoms with Gasteiger partial charge in [-0.1, -0.05) is 52.3 Å². The Bertz CT molecular complexity index is 940. The van der Waals surface area contributed by atoms with E-state index in [1.807, 2.05) is 85.8 Å². The van der Waals surface area contributed by atoms with Crippen LogP contribution in [0.5, 0.6) is 5.75 Å². The van der Waals surface area contributed by atoms with Crippen LogP contribution in [-0.2, 0) is 4.79 Å². The highest BCUT2D eigenvalue weighted by Gasteiger charge is 2.09. The molecule has 0 aliphatic rings. The summed E-state index contributed by atoms with van der Waals surface area (Å²) in [5.41, 5.74) is 2.89. The Labute approximate surface area is 173 Å². The first-order chi connectivity index (χ1) is 13.6. The van der Waals surface area contributed by atoms with Crippen LogP contribution in [0.15, 0.2) is 88.3 Å². The van der Waals surface area contributed by atoms with Crippen LogP contribution in [0.3, 0.4) is 0 Å². The van der Waals surface area contributed by atoms with Crippen molar-refractivity contribution in [3.8, 4) is 5.75 Å². The molecule has 0 bridgehead atoms. The molecule has 4 nitrogen and oxygen atoms in total. The van der Waals surface area contributed by atoms with Crippen LogP contribution in [0.25, 0.3) is 0 Å². The smallest absolute Gasteiger partial charge is 0.258 e. The lowest BCUT2D eigenvalue weighted by Gasteiger charge is -2.14. The van der Waals surface area contributed by atoms with E-state index in [-0.39, 0.29) is 18.6 Å². The van der Waals surface area contributed by atoms with E-state index >= 15 is 0 Å². The van der Waals surface area contributed by atoms with Gasteiger partial charge in [0.1, 0.15) is 5.75 Å². The molecule has 0 aliphatic heterocycles. The van der Waals surface area contributed by atoms with Gasteiger partial charge in [0.15, 0.2) is 6.61 Å². The maximum atomic E-state index is 12.1. The molecule has 0 spiro atoms. The summed E-state index contributed by atoms with van der Waals surface area (Å²) in [5.74, 6) is 0.485. The molecule has 0 radical (unpaired) electrons. The van der Waals surface area contributed by atoms with Crippen molar-refractivity contribution in [1.29, 1.82) is 0 Å². The second kappa shape index (κ2) is 9.85. The van der Waals surface area contributed by atoms with Crippen molar-refractivity contribution < 1.29 is 9.53 Å². The second-order valence-electron chi connectivity index (χ2n) is 6.30. The monoisotopic (exact) mass is 436 g/mol. The van der Waals surface area contributed by atoms with Gasteiger partial charge in [-0.2, -0.15) is 0 Å². The van der Waals surface area contributed by atoms with Gasteiger partial charge in [-0.15, -0.1) is 0 Å². The molecule has 0 aromatic heterocycles. The Morgan fingerprint density at radius 1 is 1.07 bits per heavy atom. The number of amides is 1. The summed E-state index contributed by atoms with van der Waals surface area (Å²) >= 11 is 3.43. The van der Waals surface area contributed by atoms with E-state index in [1.165, 1.54) is 0 Å². The van der Waals surface area contributed by atoms with Crippen LogP contribution < -0.4 is 10.1 Å². The predicted molar refractivity (Wildman–Crippen MR) is 116 cm³/mol. The second-order valence-corrected chi connectivity index (χ2v) is 7.21. The molecule has 0 saturated heterocycles. The molecule has 0 aliphatic carbocycles. The summed E-state index contributed by atoms with van der Waals surface area (Å²) in [6.45, 7) is 1.93. The molecule has 28 heavy (non-hydrogen) atoms. The Morgan fingerprint density at radius 3 is 2.54 bits per heavy atom. The molecule has 3 aromatic rings. The molecule has 0 saturated carbocycles. The first-order valence-corrected chi connectivity index (χ1v) is 9.76. The SMILES string of the molecule is C[C@H](NC(=O)COc1ccc(C=Nc2cccc(Br)c2)cc1)c1ccccc1. The van der Waals surface area contributed by atoms with Crippen molar-refractivity contribution in [2.75, 3.05) is 6.61 Å². The average Bonchev–Trinajstić information content (AvgIpc) is 2.72. The van der Waals surface area contributed by atoms with Crippen molar-refractivity contribution >= 4 is 33.7 Å². The minimum absolute atomic E-state index is 0.0251. The summed E-state index contributed by atoms with van der Waals surface area (Å²) in [4.78, 5) is 16.5. The first kappa shape index (κ1) is 19.8. The minimum Gasteiger partial charge on any atom is -0.484 e. The number of nitrogens with zero attached hydrogens (tertiary/aromatic N) is 1. The number of carbonyl (C=O) groups excluding carboxylic acids is 1. The number of benzene rings is 3. The van der Waals surface area contributed by atoms with Crippen molar-refractivity contribution in [3.05, 3.63) is 94.5 Å². The maximum Gasteiger partial charge on any atom is 0.258 e. The molecule has 0 fully saturated rings. The van der Waals surface area contributed by atoms with Gasteiger partial charge in [-0.3, -0.25) is 9.79 Å². The first-order valence-electron chi connectivity index (χ1n) is 8.97. The van der Waals surface area contributed by atoms with Gasteiger partial charge >= 0.3 is 0 Å². The van der Waals surface area contributed by atoms with Crippen molar-refractivity contribution in [3.63, 3.8) is 0 Å². The predicted octanol–water partition coefficient (Wildman–Crippen LogP) is 5.46. The average molecular weight is 437 g/mol. The molecule has 142 valence electrons. The third kappa shape index (κ3) is 6.06. The van der Waals surface area contributed by atoms with Crippen molar-refractivity contribution in [2.24, 2.45) is 4.99 Å². The van der Waals surface area contributed by atoms with E-state index in [1.54, 1.807) is 6.21 Å². The fraction of sp³-hybridized carbons (Fsp3) is 0.130. The fourth-order valence-corrected chi connectivity index (χ4v) is 3.00. The van der Waals surface area contributed by atoms with Crippen LogP contribution in [-0.4, -0.2) is 18.7 Å². The molecule has 1 amide bonds. The van der Waals surface area contributed by atoms with E-state index in [4.69, 9.17) is 4.74 Å². The molecule has 1 N–H and O–H groups in total. The van der Waals surface area contributed by atoms with Gasteiger partial charge in [0.2, 0.25) is 0 Å². The van der Waals surface area contributed by atoms with Crippen LogP contribution in [0.1, 0.15) is 24.1 Å². The van der Waals surface area contributed by atoms with Gasteiger partial charge in [0.05, 0.1) is 11.7 Å². The summed E-state index contributed by atoms with van der Waals surface area (Å²) in [6.07, 6.45) is 1.79. The van der Waals surface area contributed by atoms with Gasteiger partial charge in [-0.25, -0.2) is 0 Å². The molecular weight excluding hydrogens is 416 g/mol. The minimum atomic E-state index is -0.156. The lowest BCUT2D eigenvalue weighted by molar-refractivity contribution is -0.123. The van der Waals surface area contributed by atoms with E-state index in [0.717, 1.165) is 21.3 Å². The van der Waals surface area contributed by atoms with Gasteiger partial charge in [0, 0.05) is 10.7 Å². The number of aliphatic imine (C=N–C) groups is 1. The third-order valence-corrected chi connectivity index (χ3v) is 4.59. The lowest BCUT2D eigenvalue weighted by atomic mass is 10.1. The van der Waals surface area contributed by atoms with Crippen molar-refractivity contribution in [2.45, 2.75) is 13.0 Å². The molecule has 0 unspecified atom stereocenters. The maximum absolute atomic E-state index is 12.1. The van der Waals surface area contributed by atoms with Crippen LogP contribution >= 0.6 is 15.9 Å². The number of carbonyl (C=O) groups is 1. The topological polar surface area (TPSA) is 50.7 Å². The number of ether oxygens (including phenoxy) is 1. The summed E-state index contributed by atoms with van der Waals surface area (Å²) in [6, 6.07) is 25.0. The molecular formula is C23H21BrN2O2. The standard InChI is InChI=1S/C23H21BrN2O2/c1-17(19-6-3-2-4-7-19)26-23(27)16-28-22-12-10-18(11-13-22)15-25-21-9-5-8-20(24)14-21/h2-15,17H,16H2,1H3,(H,26,27)/t17-/m0/s1. The van der Waals surface area contributed by atoms with Crippen LogP contribution in [0.2, 0.25) is 0 Å². The highest BCUT2D eigenvalue weighted by Crippen LogP contribution is 2.19. The Hall–Kier alpha value is -2.92. The van der Waals surface area contributed by atoms with E-state index < -0.39 is 0 Å². The van der Waals surface area contributed by atoms with E-state index in [0.29, 0.717) is 5.75 Å². The summed E-state index contributed by atoms with van der Waals surface area (Å²) in [7, 11) is 0. The molecule has 3 rings (SSSR count). The molecule has 3 aromatic carbocycles. The van der Waals surface area contributed by atoms with Crippen LogP contribution in [0, 0.1) is 0 Å². The zero-order valence-corrected chi connectivity index (χ0v) is 17.1.